The maximum absolute atomic E-state index is 12.7. The number of carbonyl (C=O) groups excluding carboxylic acids is 1. The van der Waals surface area contributed by atoms with Gasteiger partial charge in [0.1, 0.15) is 11.5 Å². The van der Waals surface area contributed by atoms with Crippen LogP contribution in [0.3, 0.4) is 0 Å². The molecule has 0 saturated carbocycles. The molecule has 2 N–H and O–H groups in total. The van der Waals surface area contributed by atoms with Crippen molar-refractivity contribution in [1.82, 2.24) is 9.97 Å². The average Bonchev–Trinajstić information content (AvgIpc) is 2.86. The van der Waals surface area contributed by atoms with E-state index in [0.717, 1.165) is 18.0 Å². The van der Waals surface area contributed by atoms with Gasteiger partial charge in [-0.05, 0) is 25.0 Å². The molecule has 2 aromatic heterocycles. The van der Waals surface area contributed by atoms with Crippen LogP contribution in [0, 0.1) is 5.82 Å². The number of pyridine rings is 1. The van der Waals surface area contributed by atoms with E-state index in [0.29, 0.717) is 18.0 Å². The Balaban J connectivity index is 1.91. The van der Waals surface area contributed by atoms with E-state index in [-0.39, 0.29) is 12.1 Å². The van der Waals surface area contributed by atoms with E-state index >= 15 is 0 Å². The molecule has 8 heteroatoms. The topological polar surface area (TPSA) is 92.2 Å². The number of hydrogen-bond acceptors (Lipinski definition) is 5. The molecule has 0 aliphatic carbocycles. The lowest BCUT2D eigenvalue weighted by molar-refractivity contribution is -0.137. The molecule has 0 radical (unpaired) electrons. The Kier molecular flexibility index (Phi) is 4.94. The van der Waals surface area contributed by atoms with Crippen molar-refractivity contribution in [2.45, 2.75) is 19.3 Å². The third-order valence-electron chi connectivity index (χ3n) is 2.56. The van der Waals surface area contributed by atoms with Gasteiger partial charge in [-0.1, -0.05) is 0 Å². The van der Waals surface area contributed by atoms with Crippen LogP contribution in [-0.4, -0.2) is 27.0 Å². The van der Waals surface area contributed by atoms with Crippen LogP contribution in [0.15, 0.2) is 23.7 Å². The largest absolute Gasteiger partial charge is 0.481 e. The number of aliphatic carboxylic acids is 1. The van der Waals surface area contributed by atoms with Crippen molar-refractivity contribution in [3.63, 3.8) is 0 Å². The highest BCUT2D eigenvalue weighted by Crippen LogP contribution is 2.17. The van der Waals surface area contributed by atoms with Crippen LogP contribution < -0.4 is 5.32 Å². The number of rotatable bonds is 6. The normalized spacial score (nSPS) is 10.3. The van der Waals surface area contributed by atoms with Crippen molar-refractivity contribution < 1.29 is 19.1 Å². The molecule has 2 heterocycles. The van der Waals surface area contributed by atoms with Crippen molar-refractivity contribution in [1.29, 1.82) is 0 Å². The van der Waals surface area contributed by atoms with Gasteiger partial charge in [0.25, 0.3) is 5.91 Å². The first-order valence-corrected chi connectivity index (χ1v) is 7.01. The van der Waals surface area contributed by atoms with Gasteiger partial charge in [-0.25, -0.2) is 14.4 Å². The van der Waals surface area contributed by atoms with Crippen molar-refractivity contribution in [2.75, 3.05) is 5.32 Å². The maximum Gasteiger partial charge on any atom is 0.303 e. The molecule has 0 aliphatic rings. The Hall–Kier alpha value is -2.35. The zero-order chi connectivity index (χ0) is 15.2. The predicted octanol–water partition coefficient (Wildman–Crippen LogP) is 2.34. The second-order valence-electron chi connectivity index (χ2n) is 4.21. The summed E-state index contributed by atoms with van der Waals surface area (Å²) in [4.78, 5) is 30.1. The van der Waals surface area contributed by atoms with E-state index in [9.17, 15) is 14.0 Å². The third kappa shape index (κ3) is 4.60. The number of anilines is 1. The lowest BCUT2D eigenvalue weighted by Crippen LogP contribution is -2.13. The quantitative estimate of drug-likeness (QED) is 0.854. The number of carbonyl (C=O) groups is 2. The number of carboxylic acids is 1. The fraction of sp³-hybridized carbons (Fsp3) is 0.231. The van der Waals surface area contributed by atoms with Crippen LogP contribution >= 0.6 is 11.3 Å². The third-order valence-corrected chi connectivity index (χ3v) is 3.36. The summed E-state index contributed by atoms with van der Waals surface area (Å²) >= 11 is 1.24. The standard InChI is InChI=1S/C13H12FN3O3S/c14-8-4-5-10(15-6-8)12(20)17-13-16-9(7-21-13)2-1-3-11(18)19/h4-7H,1-3H2,(H,18,19)(H,16,17,20). The Morgan fingerprint density at radius 2 is 2.19 bits per heavy atom. The van der Waals surface area contributed by atoms with Crippen LogP contribution in [0.25, 0.3) is 0 Å². The fourth-order valence-electron chi connectivity index (χ4n) is 1.57. The Morgan fingerprint density at radius 1 is 1.38 bits per heavy atom. The molecular formula is C13H12FN3O3S. The number of nitrogens with one attached hydrogen (secondary N) is 1. The smallest absolute Gasteiger partial charge is 0.303 e. The summed E-state index contributed by atoms with van der Waals surface area (Å²) in [5.41, 5.74) is 0.822. The number of carboxylic acid groups (broad SMARTS) is 1. The van der Waals surface area contributed by atoms with Crippen molar-refractivity contribution in [2.24, 2.45) is 0 Å². The number of thiazole rings is 1. The highest BCUT2D eigenvalue weighted by atomic mass is 32.1. The number of aryl methyl sites for hydroxylation is 1. The van der Waals surface area contributed by atoms with Gasteiger partial charge in [0, 0.05) is 11.8 Å². The number of hydrogen-bond donors (Lipinski definition) is 2. The Labute approximate surface area is 123 Å². The van der Waals surface area contributed by atoms with Gasteiger partial charge in [0.2, 0.25) is 0 Å². The molecule has 0 bridgehead atoms. The highest BCUT2D eigenvalue weighted by molar-refractivity contribution is 7.13. The van der Waals surface area contributed by atoms with Gasteiger partial charge in [-0.2, -0.15) is 0 Å². The molecule has 21 heavy (non-hydrogen) atoms. The zero-order valence-electron chi connectivity index (χ0n) is 10.9. The minimum Gasteiger partial charge on any atom is -0.481 e. The lowest BCUT2D eigenvalue weighted by Gasteiger charge is -2.00. The maximum atomic E-state index is 12.7. The highest BCUT2D eigenvalue weighted by Gasteiger charge is 2.10. The van der Waals surface area contributed by atoms with Crippen LogP contribution in [0.5, 0.6) is 0 Å². The van der Waals surface area contributed by atoms with Crippen LogP contribution in [0.2, 0.25) is 0 Å². The summed E-state index contributed by atoms with van der Waals surface area (Å²) in [6.07, 6.45) is 2.08. The molecule has 1 amide bonds. The van der Waals surface area contributed by atoms with E-state index in [2.05, 4.69) is 15.3 Å². The number of nitrogens with zero attached hydrogens (tertiary/aromatic N) is 2. The zero-order valence-corrected chi connectivity index (χ0v) is 11.7. The SMILES string of the molecule is O=C(O)CCCc1csc(NC(=O)c2ccc(F)cn2)n1. The molecular weight excluding hydrogens is 297 g/mol. The van der Waals surface area contributed by atoms with Crippen LogP contribution in [0.4, 0.5) is 9.52 Å². The molecule has 110 valence electrons. The van der Waals surface area contributed by atoms with Gasteiger partial charge in [-0.15, -0.1) is 11.3 Å². The molecule has 2 aromatic rings. The fourth-order valence-corrected chi connectivity index (χ4v) is 2.31. The molecule has 0 saturated heterocycles. The molecule has 0 fully saturated rings. The lowest BCUT2D eigenvalue weighted by atomic mass is 10.2. The van der Waals surface area contributed by atoms with E-state index in [1.54, 1.807) is 5.38 Å². The summed E-state index contributed by atoms with van der Waals surface area (Å²) in [7, 11) is 0. The minimum absolute atomic E-state index is 0.0821. The second kappa shape index (κ2) is 6.89. The van der Waals surface area contributed by atoms with Gasteiger partial charge in [0.15, 0.2) is 5.13 Å². The summed E-state index contributed by atoms with van der Waals surface area (Å²) < 4.78 is 12.7. The molecule has 0 aromatic carbocycles. The van der Waals surface area contributed by atoms with E-state index in [4.69, 9.17) is 5.11 Å². The van der Waals surface area contributed by atoms with Crippen molar-refractivity contribution in [3.8, 4) is 0 Å². The minimum atomic E-state index is -0.846. The summed E-state index contributed by atoms with van der Waals surface area (Å²) in [6.45, 7) is 0. The predicted molar refractivity (Wildman–Crippen MR) is 74.8 cm³/mol. The van der Waals surface area contributed by atoms with Crippen LogP contribution in [-0.2, 0) is 11.2 Å². The van der Waals surface area contributed by atoms with E-state index in [1.807, 2.05) is 0 Å². The van der Waals surface area contributed by atoms with Gasteiger partial charge >= 0.3 is 5.97 Å². The van der Waals surface area contributed by atoms with Crippen LogP contribution in [0.1, 0.15) is 29.0 Å². The van der Waals surface area contributed by atoms with Gasteiger partial charge in [0.05, 0.1) is 11.9 Å². The van der Waals surface area contributed by atoms with Gasteiger partial charge in [-0.3, -0.25) is 14.9 Å². The number of amides is 1. The summed E-state index contributed by atoms with van der Waals surface area (Å²) in [5, 5.41) is 13.3. The molecule has 6 nitrogen and oxygen atoms in total. The first-order chi connectivity index (χ1) is 10.0. The second-order valence-corrected chi connectivity index (χ2v) is 5.07. The number of aromatic nitrogens is 2. The van der Waals surface area contributed by atoms with E-state index < -0.39 is 17.7 Å². The molecule has 0 atom stereocenters. The molecule has 2 rings (SSSR count). The van der Waals surface area contributed by atoms with E-state index in [1.165, 1.54) is 17.4 Å². The molecule has 0 aliphatic heterocycles. The average molecular weight is 309 g/mol. The van der Waals surface area contributed by atoms with Crippen molar-refractivity contribution >= 4 is 28.3 Å². The molecule has 0 unspecified atom stereocenters. The summed E-state index contributed by atoms with van der Waals surface area (Å²) in [5.74, 6) is -1.83. The number of halogens is 1. The van der Waals surface area contributed by atoms with Gasteiger partial charge < -0.3 is 5.11 Å². The first kappa shape index (κ1) is 15.0. The summed E-state index contributed by atoms with van der Waals surface area (Å²) in [6, 6.07) is 2.44. The Bertz CT molecular complexity index is 642. The first-order valence-electron chi connectivity index (χ1n) is 6.13. The molecule has 0 spiro atoms. The monoisotopic (exact) mass is 309 g/mol. The van der Waals surface area contributed by atoms with Crippen molar-refractivity contribution in [3.05, 3.63) is 40.9 Å². The Morgan fingerprint density at radius 3 is 2.86 bits per heavy atom.